The van der Waals surface area contributed by atoms with Crippen molar-refractivity contribution < 1.29 is 0 Å². The first-order valence-corrected chi connectivity index (χ1v) is 20.2. The molecule has 11 rings (SSSR count). The SMILES string of the molecule is c1ccc(-c2cc(-c3ccc4sc5ccccc5c4c3)cc(-c3cc(-c4ccc(-n5c(-c6ccccc6)nc6ccccc65)cc4)nc(-c4ccccc4)n3)c2)cc1. The molecule has 0 fully saturated rings. The molecule has 0 saturated carbocycles. The molecule has 3 aromatic heterocycles. The monoisotopic (exact) mass is 758 g/mol. The molecule has 0 radical (unpaired) electrons. The normalized spacial score (nSPS) is 11.4. The molecule has 8 aromatic carbocycles. The van der Waals surface area contributed by atoms with E-state index in [0.717, 1.165) is 72.9 Å². The molecule has 0 aliphatic heterocycles. The van der Waals surface area contributed by atoms with Gasteiger partial charge in [0.25, 0.3) is 0 Å². The van der Waals surface area contributed by atoms with Crippen molar-refractivity contribution in [3.63, 3.8) is 0 Å². The molecule has 0 N–H and O–H groups in total. The summed E-state index contributed by atoms with van der Waals surface area (Å²) in [4.78, 5) is 15.5. The fraction of sp³-hybridized carbons (Fsp3) is 0. The van der Waals surface area contributed by atoms with Gasteiger partial charge in [-0.1, -0.05) is 140 Å². The Hall–Kier alpha value is -7.47. The van der Waals surface area contributed by atoms with Crippen LogP contribution in [0.4, 0.5) is 0 Å². The van der Waals surface area contributed by atoms with Crippen LogP contribution in [0, 0.1) is 0 Å². The number of hydrogen-bond acceptors (Lipinski definition) is 4. The minimum absolute atomic E-state index is 0.682. The van der Waals surface area contributed by atoms with Crippen LogP contribution >= 0.6 is 11.3 Å². The number of thiophene rings is 1. The number of rotatable bonds is 7. The Morgan fingerprint density at radius 3 is 1.67 bits per heavy atom. The van der Waals surface area contributed by atoms with Gasteiger partial charge in [-0.2, -0.15) is 0 Å². The zero-order chi connectivity index (χ0) is 38.4. The summed E-state index contributed by atoms with van der Waals surface area (Å²) in [5.74, 6) is 1.59. The predicted octanol–water partition coefficient (Wildman–Crippen LogP) is 14.2. The van der Waals surface area contributed by atoms with Gasteiger partial charge in [-0.25, -0.2) is 15.0 Å². The van der Waals surface area contributed by atoms with Gasteiger partial charge in [-0.05, 0) is 89.0 Å². The number of aromatic nitrogens is 4. The van der Waals surface area contributed by atoms with E-state index in [1.54, 1.807) is 0 Å². The molecule has 0 aliphatic carbocycles. The molecule has 0 unspecified atom stereocenters. The zero-order valence-electron chi connectivity index (χ0n) is 31.3. The van der Waals surface area contributed by atoms with E-state index < -0.39 is 0 Å². The lowest BCUT2D eigenvalue weighted by atomic mass is 9.94. The van der Waals surface area contributed by atoms with E-state index in [2.05, 4.69) is 180 Å². The quantitative estimate of drug-likeness (QED) is 0.163. The first-order chi connectivity index (χ1) is 28.7. The maximum Gasteiger partial charge on any atom is 0.160 e. The van der Waals surface area contributed by atoms with Crippen LogP contribution in [0.3, 0.4) is 0 Å². The molecule has 0 spiro atoms. The van der Waals surface area contributed by atoms with Gasteiger partial charge in [-0.15, -0.1) is 11.3 Å². The fourth-order valence-corrected chi connectivity index (χ4v) is 9.04. The molecule has 4 nitrogen and oxygen atoms in total. The minimum Gasteiger partial charge on any atom is -0.292 e. The summed E-state index contributed by atoms with van der Waals surface area (Å²) >= 11 is 1.84. The Labute approximate surface area is 340 Å². The average Bonchev–Trinajstić information content (AvgIpc) is 3.88. The van der Waals surface area contributed by atoms with Gasteiger partial charge < -0.3 is 0 Å². The Bertz CT molecular complexity index is 3260. The van der Waals surface area contributed by atoms with Gasteiger partial charge in [0.2, 0.25) is 0 Å². The summed E-state index contributed by atoms with van der Waals surface area (Å²) < 4.78 is 4.83. The smallest absolute Gasteiger partial charge is 0.160 e. The van der Waals surface area contributed by atoms with Crippen LogP contribution in [0.25, 0.3) is 104 Å². The summed E-state index contributed by atoms with van der Waals surface area (Å²) in [6, 6.07) is 72.7. The van der Waals surface area contributed by atoms with Gasteiger partial charge in [0, 0.05) is 48.1 Å². The maximum atomic E-state index is 5.27. The first kappa shape index (κ1) is 33.8. The predicted molar refractivity (Wildman–Crippen MR) is 242 cm³/mol. The summed E-state index contributed by atoms with van der Waals surface area (Å²) in [7, 11) is 0. The van der Waals surface area contributed by atoms with Gasteiger partial charge >= 0.3 is 0 Å². The van der Waals surface area contributed by atoms with Crippen molar-refractivity contribution in [1.29, 1.82) is 0 Å². The number of para-hydroxylation sites is 2. The summed E-state index contributed by atoms with van der Waals surface area (Å²) in [6.45, 7) is 0. The highest BCUT2D eigenvalue weighted by Gasteiger charge is 2.17. The van der Waals surface area contributed by atoms with Crippen LogP contribution < -0.4 is 0 Å². The molecule has 11 aromatic rings. The van der Waals surface area contributed by atoms with Gasteiger partial charge in [-0.3, -0.25) is 4.57 Å². The maximum absolute atomic E-state index is 5.27. The van der Waals surface area contributed by atoms with Crippen molar-refractivity contribution in [2.45, 2.75) is 0 Å². The zero-order valence-corrected chi connectivity index (χ0v) is 32.1. The van der Waals surface area contributed by atoms with E-state index in [0.29, 0.717) is 5.82 Å². The van der Waals surface area contributed by atoms with E-state index >= 15 is 0 Å². The van der Waals surface area contributed by atoms with E-state index in [9.17, 15) is 0 Å². The third-order valence-corrected chi connectivity index (χ3v) is 12.0. The molecule has 0 atom stereocenters. The standard InChI is InChI=1S/C53H34N4S/c1-4-14-35(15-5-1)40-30-41(39-26-29-51-45(33-39)44-20-10-13-23-50(44)58-51)32-42(31-40)48-34-47(54-52(55-48)37-16-6-2-7-17-37)36-24-27-43(28-25-36)57-49-22-12-11-21-46(49)56-53(57)38-18-8-3-9-19-38/h1-34H. The van der Waals surface area contributed by atoms with Gasteiger partial charge in [0.15, 0.2) is 5.82 Å². The highest BCUT2D eigenvalue weighted by atomic mass is 32.1. The molecule has 0 aliphatic rings. The Kier molecular flexibility index (Phi) is 8.30. The van der Waals surface area contributed by atoms with Crippen LogP contribution in [0.1, 0.15) is 0 Å². The molecule has 3 heterocycles. The van der Waals surface area contributed by atoms with Crippen molar-refractivity contribution in [2.24, 2.45) is 0 Å². The average molecular weight is 759 g/mol. The fourth-order valence-electron chi connectivity index (χ4n) is 7.95. The van der Waals surface area contributed by atoms with Crippen molar-refractivity contribution in [2.75, 3.05) is 0 Å². The van der Waals surface area contributed by atoms with Crippen molar-refractivity contribution in [3.05, 3.63) is 206 Å². The number of fused-ring (bicyclic) bond motifs is 4. The van der Waals surface area contributed by atoms with Crippen molar-refractivity contribution in [3.8, 4) is 73.2 Å². The van der Waals surface area contributed by atoms with Gasteiger partial charge in [0.1, 0.15) is 5.82 Å². The number of benzene rings is 8. The molecule has 0 saturated heterocycles. The second-order valence-electron chi connectivity index (χ2n) is 14.5. The van der Waals surface area contributed by atoms with Crippen molar-refractivity contribution >= 4 is 42.5 Å². The second-order valence-corrected chi connectivity index (χ2v) is 15.6. The van der Waals surface area contributed by atoms with E-state index in [1.165, 1.54) is 25.7 Å². The molecule has 0 bridgehead atoms. The minimum atomic E-state index is 0.682. The van der Waals surface area contributed by atoms with Gasteiger partial charge in [0.05, 0.1) is 22.4 Å². The second kappa shape index (κ2) is 14.2. The van der Waals surface area contributed by atoms with Crippen molar-refractivity contribution in [1.82, 2.24) is 19.5 Å². The topological polar surface area (TPSA) is 43.6 Å². The summed E-state index contributed by atoms with van der Waals surface area (Å²) in [6.07, 6.45) is 0. The van der Waals surface area contributed by atoms with Crippen LogP contribution in [0.15, 0.2) is 206 Å². The summed E-state index contributed by atoms with van der Waals surface area (Å²) in [5.41, 5.74) is 13.4. The van der Waals surface area contributed by atoms with Crippen LogP contribution in [-0.2, 0) is 0 Å². The molecular formula is C53H34N4S. The summed E-state index contributed by atoms with van der Waals surface area (Å²) in [5, 5.41) is 2.57. The lowest BCUT2D eigenvalue weighted by Crippen LogP contribution is -1.99. The largest absolute Gasteiger partial charge is 0.292 e. The third-order valence-electron chi connectivity index (χ3n) is 10.8. The van der Waals surface area contributed by atoms with Crippen LogP contribution in [0.5, 0.6) is 0 Å². The molecule has 0 amide bonds. The first-order valence-electron chi connectivity index (χ1n) is 19.4. The highest BCUT2D eigenvalue weighted by molar-refractivity contribution is 7.25. The van der Waals surface area contributed by atoms with Crippen LogP contribution in [0.2, 0.25) is 0 Å². The van der Waals surface area contributed by atoms with Crippen LogP contribution in [-0.4, -0.2) is 19.5 Å². The number of hydrogen-bond donors (Lipinski definition) is 0. The number of nitrogens with zero attached hydrogens (tertiary/aromatic N) is 4. The Morgan fingerprint density at radius 2 is 0.914 bits per heavy atom. The highest BCUT2D eigenvalue weighted by Crippen LogP contribution is 2.39. The number of imidazole rings is 1. The van der Waals surface area contributed by atoms with E-state index in [4.69, 9.17) is 15.0 Å². The molecular weight excluding hydrogens is 725 g/mol. The van der Waals surface area contributed by atoms with E-state index in [1.807, 2.05) is 41.7 Å². The molecule has 58 heavy (non-hydrogen) atoms. The lowest BCUT2D eigenvalue weighted by molar-refractivity contribution is 1.10. The Balaban J connectivity index is 1.06. The molecule has 5 heteroatoms. The molecule has 272 valence electrons. The van der Waals surface area contributed by atoms with E-state index in [-0.39, 0.29) is 0 Å². The third kappa shape index (κ3) is 6.15. The lowest BCUT2D eigenvalue weighted by Gasteiger charge is -2.14. The Morgan fingerprint density at radius 1 is 0.345 bits per heavy atom.